The highest BCUT2D eigenvalue weighted by molar-refractivity contribution is 6.18. The molecule has 0 radical (unpaired) electrons. The summed E-state index contributed by atoms with van der Waals surface area (Å²) < 4.78 is 159. The van der Waals surface area contributed by atoms with E-state index in [1.165, 1.54) is 19.8 Å². The summed E-state index contributed by atoms with van der Waals surface area (Å²) in [4.78, 5) is 122. The standard InChI is InChI=1S/C44H68N12O5.5C2HF3O2/c1-32(57)50-37(14-6-8-20-45)43(61)52-36(15-10-21-49-44(46)47)42(60)48-22-26-54-29-27-53(28-30-54)23-9-7-11-33-18-24-55(25-19-33)31-40(58)56-38-16-4-2-12-34(38)41(59)51-35-13-3-5-17-39(35)56;5*3-2(4,5)1(6)7/h2-5,12-13,16-17,33,36-37H,6-11,14-15,18-31,45H2,1H3,(H,48,60)(H,50,57)(H,51,59)(H,52,61)(H4,46,47,49);5*(H,6,7)/t36-,37-;;;;;/m0...../s1. The Labute approximate surface area is 536 Å². The monoisotopic (exact) mass is 1410 g/mol. The van der Waals surface area contributed by atoms with E-state index < -0.39 is 78.7 Å². The molecule has 0 spiro atoms. The van der Waals surface area contributed by atoms with Crippen molar-refractivity contribution in [1.82, 2.24) is 30.7 Å². The number of hydrogen-bond donors (Lipinski definition) is 12. The molecular weight excluding hydrogens is 1340 g/mol. The van der Waals surface area contributed by atoms with Crippen molar-refractivity contribution in [2.45, 2.75) is 114 Å². The summed E-state index contributed by atoms with van der Waals surface area (Å²) in [6.45, 7) is 10.3. The third-order valence-corrected chi connectivity index (χ3v) is 13.1. The first-order valence-electron chi connectivity index (χ1n) is 28.3. The third-order valence-electron chi connectivity index (χ3n) is 13.1. The van der Waals surface area contributed by atoms with E-state index in [0.29, 0.717) is 87.0 Å². The molecule has 3 heterocycles. The van der Waals surface area contributed by atoms with Crippen molar-refractivity contribution >= 4 is 82.4 Å². The lowest BCUT2D eigenvalue weighted by Crippen LogP contribution is -2.54. The van der Waals surface area contributed by atoms with Crippen LogP contribution in [0.2, 0.25) is 0 Å². The molecule has 27 nitrogen and oxygen atoms in total. The number of carbonyl (C=O) groups excluding carboxylic acids is 5. The van der Waals surface area contributed by atoms with Crippen LogP contribution in [0.3, 0.4) is 0 Å². The average molecular weight is 1420 g/mol. The molecule has 5 amide bonds. The first-order chi connectivity index (χ1) is 44.2. The molecule has 544 valence electrons. The zero-order valence-electron chi connectivity index (χ0n) is 50.9. The Kier molecular flexibility index (Phi) is 38.1. The summed E-state index contributed by atoms with van der Waals surface area (Å²) >= 11 is 0. The number of carbonyl (C=O) groups is 10. The Bertz CT molecular complexity index is 2730. The predicted molar refractivity (Wildman–Crippen MR) is 308 cm³/mol. The fourth-order valence-electron chi connectivity index (χ4n) is 8.44. The van der Waals surface area contributed by atoms with Gasteiger partial charge in [0, 0.05) is 52.7 Å². The van der Waals surface area contributed by atoms with Crippen LogP contribution in [0.4, 0.5) is 82.9 Å². The van der Waals surface area contributed by atoms with Crippen LogP contribution < -0.4 is 43.4 Å². The van der Waals surface area contributed by atoms with Gasteiger partial charge in [0.1, 0.15) is 12.1 Å². The Morgan fingerprint density at radius 3 is 1.44 bits per heavy atom. The zero-order chi connectivity index (χ0) is 74.0. The fourth-order valence-corrected chi connectivity index (χ4v) is 8.44. The average Bonchev–Trinajstić information content (AvgIpc) is 1.58. The summed E-state index contributed by atoms with van der Waals surface area (Å²) in [7, 11) is 0. The molecule has 15 N–H and O–H groups in total. The fraction of sp³-hybridized carbons (Fsp3) is 0.574. The van der Waals surface area contributed by atoms with Gasteiger partial charge in [-0.05, 0) is 108 Å². The van der Waals surface area contributed by atoms with Gasteiger partial charge in [0.25, 0.3) is 5.91 Å². The summed E-state index contributed by atoms with van der Waals surface area (Å²) in [5.41, 5.74) is 19.0. The van der Waals surface area contributed by atoms with Crippen molar-refractivity contribution in [2.75, 3.05) is 88.8 Å². The van der Waals surface area contributed by atoms with E-state index in [2.05, 4.69) is 41.0 Å². The number of piperazine rings is 1. The van der Waals surface area contributed by atoms with E-state index in [-0.39, 0.29) is 29.6 Å². The van der Waals surface area contributed by atoms with Gasteiger partial charge in [0.05, 0.1) is 29.2 Å². The number of likely N-dealkylation sites (tertiary alicyclic amines) is 1. The number of unbranched alkanes of at least 4 members (excludes halogenated alkanes) is 2. The van der Waals surface area contributed by atoms with E-state index >= 15 is 0 Å². The van der Waals surface area contributed by atoms with Crippen LogP contribution in [0.1, 0.15) is 81.5 Å². The highest BCUT2D eigenvalue weighted by Crippen LogP contribution is 2.38. The molecule has 2 saturated heterocycles. The van der Waals surface area contributed by atoms with Crippen LogP contribution in [0.5, 0.6) is 0 Å². The second-order valence-electron chi connectivity index (χ2n) is 20.5. The second kappa shape index (κ2) is 41.9. The number of piperidine rings is 1. The number of anilines is 3. The number of carboxylic acids is 5. The SMILES string of the molecule is CC(=O)N[C@@H](CCCCN)C(=O)N[C@@H](CCCN=C(N)N)C(=O)NCCN1CCN(CCCCC2CCN(CC(=O)N3c4ccccc4NC(=O)c4ccccc43)CC2)CC1.O=C(O)C(F)(F)F.O=C(O)C(F)(F)F.O=C(O)C(F)(F)F.O=C(O)C(F)(F)F.O=C(O)C(F)(F)F. The van der Waals surface area contributed by atoms with Crippen molar-refractivity contribution < 1.29 is 139 Å². The lowest BCUT2D eigenvalue weighted by atomic mass is 9.91. The first kappa shape index (κ1) is 87.2. The maximum atomic E-state index is 13.9. The van der Waals surface area contributed by atoms with Crippen molar-refractivity contribution in [3.63, 3.8) is 0 Å². The Morgan fingerprint density at radius 1 is 0.562 bits per heavy atom. The van der Waals surface area contributed by atoms with E-state index in [1.54, 1.807) is 11.0 Å². The highest BCUT2D eigenvalue weighted by atomic mass is 19.4. The molecule has 42 heteroatoms. The summed E-state index contributed by atoms with van der Waals surface area (Å²) in [5.74, 6) is -14.4. The molecule has 2 aromatic carbocycles. The van der Waals surface area contributed by atoms with Crippen LogP contribution >= 0.6 is 0 Å². The number of fused-ring (bicyclic) bond motifs is 2. The number of hydrogen-bond acceptors (Lipinski definition) is 15. The molecule has 5 rings (SSSR count). The number of aliphatic imine (C=N–C) groups is 1. The van der Waals surface area contributed by atoms with Crippen LogP contribution in [-0.2, 0) is 43.2 Å². The predicted octanol–water partition coefficient (Wildman–Crippen LogP) is 4.87. The number of nitrogens with zero attached hydrogens (tertiary/aromatic N) is 5. The molecule has 0 unspecified atom stereocenters. The van der Waals surface area contributed by atoms with Gasteiger partial charge in [-0.15, -0.1) is 0 Å². The van der Waals surface area contributed by atoms with Gasteiger partial charge in [-0.1, -0.05) is 37.1 Å². The summed E-state index contributed by atoms with van der Waals surface area (Å²) in [6, 6.07) is 13.2. The number of guanidine groups is 1. The Hall–Kier alpha value is -8.80. The smallest absolute Gasteiger partial charge is 0.475 e. The number of aliphatic carboxylic acids is 5. The molecular formula is C54H73F15N12O15. The van der Waals surface area contributed by atoms with E-state index in [4.69, 9.17) is 66.7 Å². The molecule has 2 fully saturated rings. The van der Waals surface area contributed by atoms with E-state index in [9.17, 15) is 89.8 Å². The number of amides is 5. The Morgan fingerprint density at radius 2 is 0.990 bits per heavy atom. The maximum absolute atomic E-state index is 13.9. The lowest BCUT2D eigenvalue weighted by Gasteiger charge is -2.35. The van der Waals surface area contributed by atoms with Gasteiger partial charge in [-0.3, -0.25) is 43.7 Å². The van der Waals surface area contributed by atoms with Crippen LogP contribution in [0, 0.1) is 5.92 Å². The normalized spacial score (nSPS) is 15.1. The number of alkyl halides is 15. The Balaban J connectivity index is 0.00000208. The molecule has 0 aromatic heterocycles. The molecule has 3 aliphatic rings. The molecule has 3 aliphatic heterocycles. The molecule has 0 aliphatic carbocycles. The molecule has 96 heavy (non-hydrogen) atoms. The van der Waals surface area contributed by atoms with Gasteiger partial charge in [0.2, 0.25) is 23.6 Å². The minimum atomic E-state index is -5.08. The second-order valence-corrected chi connectivity index (χ2v) is 20.5. The maximum Gasteiger partial charge on any atom is 0.490 e. The van der Waals surface area contributed by atoms with Crippen molar-refractivity contribution in [2.24, 2.45) is 28.1 Å². The van der Waals surface area contributed by atoms with Crippen molar-refractivity contribution in [1.29, 1.82) is 0 Å². The van der Waals surface area contributed by atoms with Gasteiger partial charge >= 0.3 is 60.7 Å². The molecule has 2 atom stereocenters. The first-order valence-corrected chi connectivity index (χ1v) is 28.3. The number of rotatable bonds is 22. The lowest BCUT2D eigenvalue weighted by molar-refractivity contribution is -0.193. The summed E-state index contributed by atoms with van der Waals surface area (Å²) in [6.07, 6.45) is -17.1. The third kappa shape index (κ3) is 36.8. The number of nitrogens with one attached hydrogen (secondary N) is 4. The molecule has 0 bridgehead atoms. The van der Waals surface area contributed by atoms with E-state index in [1.807, 2.05) is 42.5 Å². The number of benzene rings is 2. The minimum Gasteiger partial charge on any atom is -0.475 e. The van der Waals surface area contributed by atoms with Crippen LogP contribution in [-0.4, -0.2) is 227 Å². The highest BCUT2D eigenvalue weighted by Gasteiger charge is 2.41. The van der Waals surface area contributed by atoms with Gasteiger partial charge in [0.15, 0.2) is 5.96 Å². The summed E-state index contributed by atoms with van der Waals surface area (Å²) in [5, 5.41) is 47.1. The number of nitrogens with two attached hydrogens (primary N) is 3. The van der Waals surface area contributed by atoms with Crippen LogP contribution in [0.25, 0.3) is 0 Å². The quantitative estimate of drug-likeness (QED) is 0.0324. The number of halogens is 15. The molecule has 2 aromatic rings. The van der Waals surface area contributed by atoms with Gasteiger partial charge < -0.3 is 68.9 Å². The zero-order valence-corrected chi connectivity index (χ0v) is 50.9. The van der Waals surface area contributed by atoms with E-state index in [0.717, 1.165) is 71.5 Å². The van der Waals surface area contributed by atoms with Gasteiger partial charge in [-0.2, -0.15) is 65.9 Å². The molecule has 0 saturated carbocycles. The topological polar surface area (TPSA) is 423 Å². The van der Waals surface area contributed by atoms with Crippen molar-refractivity contribution in [3.8, 4) is 0 Å². The van der Waals surface area contributed by atoms with Crippen molar-refractivity contribution in [3.05, 3.63) is 54.1 Å². The van der Waals surface area contributed by atoms with Gasteiger partial charge in [-0.25, -0.2) is 24.0 Å². The van der Waals surface area contributed by atoms with Crippen LogP contribution in [0.15, 0.2) is 53.5 Å². The minimum absolute atomic E-state index is 0.0297. The largest absolute Gasteiger partial charge is 0.490 e. The number of para-hydroxylation sites is 3. The number of carboxylic acid groups (broad SMARTS) is 5.